The van der Waals surface area contributed by atoms with Gasteiger partial charge in [0.05, 0.1) is 12.8 Å². The molecule has 1 N–H and O–H groups in total. The van der Waals surface area contributed by atoms with Crippen molar-refractivity contribution in [2.75, 3.05) is 13.2 Å². The Morgan fingerprint density at radius 2 is 2.11 bits per heavy atom. The van der Waals surface area contributed by atoms with Gasteiger partial charge >= 0.3 is 0 Å². The van der Waals surface area contributed by atoms with Crippen LogP contribution in [0, 0.1) is 0 Å². The topological polar surface area (TPSA) is 34.2 Å². The summed E-state index contributed by atoms with van der Waals surface area (Å²) < 4.78 is 5.47. The lowest BCUT2D eigenvalue weighted by Crippen LogP contribution is -2.29. The number of ether oxygens (including phenoxy) is 1. The maximum absolute atomic E-state index is 5.47. The molecule has 1 aromatic heterocycles. The van der Waals surface area contributed by atoms with Crippen LogP contribution in [0.1, 0.15) is 45.6 Å². The van der Waals surface area contributed by atoms with Crippen LogP contribution >= 0.6 is 0 Å². The third-order valence-electron chi connectivity index (χ3n) is 3.04. The normalized spacial score (nSPS) is 12.4. The zero-order valence-corrected chi connectivity index (χ0v) is 11.9. The summed E-state index contributed by atoms with van der Waals surface area (Å²) in [5.74, 6) is 0.879. The number of aryl methyl sites for hydroxylation is 1. The summed E-state index contributed by atoms with van der Waals surface area (Å²) in [5.41, 5.74) is 1.26. The quantitative estimate of drug-likeness (QED) is 0.731. The second-order valence-electron chi connectivity index (χ2n) is 4.56. The van der Waals surface area contributed by atoms with Gasteiger partial charge in [0.2, 0.25) is 0 Å². The zero-order valence-electron chi connectivity index (χ0n) is 11.9. The minimum Gasteiger partial charge on any atom is -0.492 e. The molecule has 3 nitrogen and oxygen atoms in total. The smallest absolute Gasteiger partial charge is 0.137 e. The van der Waals surface area contributed by atoms with Crippen molar-refractivity contribution in [3.8, 4) is 5.75 Å². The molecular weight excluding hydrogens is 224 g/mol. The Hall–Kier alpha value is -1.09. The van der Waals surface area contributed by atoms with E-state index in [1.54, 1.807) is 6.20 Å². The second kappa shape index (κ2) is 8.92. The summed E-state index contributed by atoms with van der Waals surface area (Å²) in [6.07, 6.45) is 8.31. The number of hydrogen-bond acceptors (Lipinski definition) is 3. The maximum Gasteiger partial charge on any atom is 0.137 e. The van der Waals surface area contributed by atoms with Gasteiger partial charge in [-0.15, -0.1) is 0 Å². The van der Waals surface area contributed by atoms with Crippen molar-refractivity contribution in [2.24, 2.45) is 0 Å². The summed E-state index contributed by atoms with van der Waals surface area (Å²) in [6, 6.07) is 2.71. The summed E-state index contributed by atoms with van der Waals surface area (Å²) in [7, 11) is 0. The molecule has 1 rings (SSSR count). The summed E-state index contributed by atoms with van der Waals surface area (Å²) >= 11 is 0. The molecule has 1 aromatic rings. The molecule has 0 aliphatic heterocycles. The lowest BCUT2D eigenvalue weighted by Gasteiger charge is -2.16. The van der Waals surface area contributed by atoms with Gasteiger partial charge in [-0.3, -0.25) is 4.98 Å². The Labute approximate surface area is 111 Å². The average Bonchev–Trinajstić information content (AvgIpc) is 2.40. The molecule has 1 unspecified atom stereocenters. The Kier molecular flexibility index (Phi) is 7.42. The van der Waals surface area contributed by atoms with Crippen LogP contribution in [-0.2, 0) is 6.42 Å². The number of pyridine rings is 1. The van der Waals surface area contributed by atoms with Gasteiger partial charge in [-0.2, -0.15) is 0 Å². The highest BCUT2D eigenvalue weighted by Gasteiger charge is 2.06. The van der Waals surface area contributed by atoms with Gasteiger partial charge in [0.1, 0.15) is 5.75 Å². The fraction of sp³-hybridized carbons (Fsp3) is 0.667. The minimum atomic E-state index is 0.612. The van der Waals surface area contributed by atoms with Crippen LogP contribution in [0.2, 0.25) is 0 Å². The molecule has 0 aliphatic rings. The van der Waals surface area contributed by atoms with Gasteiger partial charge in [-0.05, 0) is 50.8 Å². The molecule has 0 aromatic carbocycles. The molecule has 0 amide bonds. The van der Waals surface area contributed by atoms with Crippen LogP contribution in [0.5, 0.6) is 5.75 Å². The molecule has 18 heavy (non-hydrogen) atoms. The third kappa shape index (κ3) is 5.50. The van der Waals surface area contributed by atoms with Gasteiger partial charge in [-0.25, -0.2) is 0 Å². The van der Waals surface area contributed by atoms with Crippen molar-refractivity contribution in [1.82, 2.24) is 10.3 Å². The number of nitrogens with one attached hydrogen (secondary N) is 1. The SMILES string of the molecule is CCCNC(CC)CCc1cncc(OCC)c1. The lowest BCUT2D eigenvalue weighted by atomic mass is 10.0. The number of aromatic nitrogens is 1. The molecule has 0 bridgehead atoms. The van der Waals surface area contributed by atoms with Crippen LogP contribution in [0.15, 0.2) is 18.5 Å². The van der Waals surface area contributed by atoms with E-state index in [4.69, 9.17) is 4.74 Å². The second-order valence-corrected chi connectivity index (χ2v) is 4.56. The highest BCUT2D eigenvalue weighted by Crippen LogP contribution is 2.13. The van der Waals surface area contributed by atoms with Crippen molar-refractivity contribution < 1.29 is 4.74 Å². The van der Waals surface area contributed by atoms with E-state index in [0.29, 0.717) is 12.6 Å². The van der Waals surface area contributed by atoms with Gasteiger partial charge in [0.25, 0.3) is 0 Å². The van der Waals surface area contributed by atoms with E-state index in [0.717, 1.165) is 25.1 Å². The molecule has 0 radical (unpaired) electrons. The Morgan fingerprint density at radius 3 is 2.78 bits per heavy atom. The highest BCUT2D eigenvalue weighted by atomic mass is 16.5. The molecule has 0 aliphatic carbocycles. The Morgan fingerprint density at radius 1 is 1.28 bits per heavy atom. The van der Waals surface area contributed by atoms with Crippen LogP contribution in [-0.4, -0.2) is 24.2 Å². The predicted molar refractivity (Wildman–Crippen MR) is 76.1 cm³/mol. The third-order valence-corrected chi connectivity index (χ3v) is 3.04. The molecule has 0 fully saturated rings. The highest BCUT2D eigenvalue weighted by molar-refractivity contribution is 5.23. The molecule has 0 spiro atoms. The zero-order chi connectivity index (χ0) is 13.2. The van der Waals surface area contributed by atoms with Crippen molar-refractivity contribution >= 4 is 0 Å². The molecule has 3 heteroatoms. The maximum atomic E-state index is 5.47. The first-order valence-electron chi connectivity index (χ1n) is 7.10. The van der Waals surface area contributed by atoms with Gasteiger partial charge < -0.3 is 10.1 Å². The number of rotatable bonds is 9. The van der Waals surface area contributed by atoms with Crippen molar-refractivity contribution in [3.05, 3.63) is 24.0 Å². The first-order chi connectivity index (χ1) is 8.80. The molecule has 1 heterocycles. The molecule has 102 valence electrons. The predicted octanol–water partition coefficient (Wildman–Crippen LogP) is 3.19. The molecule has 0 saturated carbocycles. The summed E-state index contributed by atoms with van der Waals surface area (Å²) in [6.45, 7) is 8.24. The van der Waals surface area contributed by atoms with Gasteiger partial charge in [0.15, 0.2) is 0 Å². The fourth-order valence-corrected chi connectivity index (χ4v) is 1.99. The fourth-order valence-electron chi connectivity index (χ4n) is 1.99. The standard InChI is InChI=1S/C15H26N2O/c1-4-9-17-14(5-2)8-7-13-10-15(18-6-3)12-16-11-13/h10-12,14,17H,4-9H2,1-3H3. The van der Waals surface area contributed by atoms with Crippen LogP contribution in [0.25, 0.3) is 0 Å². The van der Waals surface area contributed by atoms with E-state index in [1.807, 2.05) is 13.1 Å². The summed E-state index contributed by atoms with van der Waals surface area (Å²) in [4.78, 5) is 4.22. The van der Waals surface area contributed by atoms with Gasteiger partial charge in [0, 0.05) is 12.2 Å². The Bertz CT molecular complexity index is 328. The van der Waals surface area contributed by atoms with E-state index in [1.165, 1.54) is 18.4 Å². The Balaban J connectivity index is 2.43. The van der Waals surface area contributed by atoms with E-state index in [-0.39, 0.29) is 0 Å². The molecule has 1 atom stereocenters. The monoisotopic (exact) mass is 250 g/mol. The van der Waals surface area contributed by atoms with Crippen molar-refractivity contribution in [3.63, 3.8) is 0 Å². The van der Waals surface area contributed by atoms with Crippen molar-refractivity contribution in [2.45, 2.75) is 52.5 Å². The molecular formula is C15H26N2O. The van der Waals surface area contributed by atoms with Gasteiger partial charge in [-0.1, -0.05) is 13.8 Å². The largest absolute Gasteiger partial charge is 0.492 e. The van der Waals surface area contributed by atoms with E-state index < -0.39 is 0 Å². The first kappa shape index (κ1) is 15.0. The van der Waals surface area contributed by atoms with Crippen LogP contribution in [0.3, 0.4) is 0 Å². The number of nitrogens with zero attached hydrogens (tertiary/aromatic N) is 1. The minimum absolute atomic E-state index is 0.612. The summed E-state index contributed by atoms with van der Waals surface area (Å²) in [5, 5.41) is 3.58. The number of hydrogen-bond donors (Lipinski definition) is 1. The molecule has 0 saturated heterocycles. The van der Waals surface area contributed by atoms with E-state index in [9.17, 15) is 0 Å². The van der Waals surface area contributed by atoms with Crippen molar-refractivity contribution in [1.29, 1.82) is 0 Å². The van der Waals surface area contributed by atoms with E-state index in [2.05, 4.69) is 30.2 Å². The first-order valence-corrected chi connectivity index (χ1v) is 7.10. The van der Waals surface area contributed by atoms with E-state index >= 15 is 0 Å². The van der Waals surface area contributed by atoms with Crippen LogP contribution < -0.4 is 10.1 Å². The lowest BCUT2D eigenvalue weighted by molar-refractivity contribution is 0.338. The average molecular weight is 250 g/mol. The van der Waals surface area contributed by atoms with Crippen LogP contribution in [0.4, 0.5) is 0 Å².